The largest absolute Gasteiger partial charge is 0.318 e. The molecular weight excluding hydrogens is 350 g/mol. The van der Waals surface area contributed by atoms with Gasteiger partial charge in [0.25, 0.3) is 5.91 Å². The Bertz CT molecular complexity index is 1370. The monoisotopic (exact) mass is 367 g/mol. The van der Waals surface area contributed by atoms with Crippen molar-refractivity contribution in [2.24, 2.45) is 0 Å². The molecule has 0 unspecified atom stereocenters. The smallest absolute Gasteiger partial charge is 0.275 e. The van der Waals surface area contributed by atoms with Crippen LogP contribution < -0.4 is 5.32 Å². The highest BCUT2D eigenvalue weighted by Crippen LogP contribution is 2.36. The number of fused-ring (bicyclic) bond motifs is 5. The molecule has 6 heteroatoms. The Labute approximate surface area is 160 Å². The third-order valence-electron chi connectivity index (χ3n) is 4.89. The normalized spacial score (nSPS) is 11.4. The van der Waals surface area contributed by atoms with E-state index in [2.05, 4.69) is 19.7 Å². The third-order valence-corrected chi connectivity index (χ3v) is 4.89. The Morgan fingerprint density at radius 1 is 0.929 bits per heavy atom. The number of hydrogen-bond acceptors (Lipinski definition) is 4. The summed E-state index contributed by atoms with van der Waals surface area (Å²) in [4.78, 5) is 26.0. The van der Waals surface area contributed by atoms with Crippen molar-refractivity contribution < 1.29 is 4.79 Å². The van der Waals surface area contributed by atoms with Crippen LogP contribution in [0.3, 0.4) is 0 Å². The van der Waals surface area contributed by atoms with E-state index in [-0.39, 0.29) is 11.6 Å². The second kappa shape index (κ2) is 6.13. The molecule has 5 aromatic rings. The van der Waals surface area contributed by atoms with Gasteiger partial charge in [-0.25, -0.2) is 9.97 Å². The van der Waals surface area contributed by atoms with Crippen LogP contribution in [0.15, 0.2) is 60.9 Å². The van der Waals surface area contributed by atoms with Crippen molar-refractivity contribution in [1.82, 2.24) is 19.4 Å². The molecule has 3 aromatic heterocycles. The number of hydrogen-bond donors (Lipinski definition) is 1. The number of aromatic nitrogens is 4. The van der Waals surface area contributed by atoms with E-state index in [4.69, 9.17) is 4.98 Å². The van der Waals surface area contributed by atoms with Crippen molar-refractivity contribution in [2.75, 3.05) is 5.32 Å². The van der Waals surface area contributed by atoms with Gasteiger partial charge in [0.05, 0.1) is 34.1 Å². The molecule has 6 nitrogen and oxygen atoms in total. The molecule has 5 rings (SSSR count). The van der Waals surface area contributed by atoms with Gasteiger partial charge >= 0.3 is 0 Å². The number of anilines is 1. The first-order chi connectivity index (χ1) is 13.6. The molecule has 0 aliphatic carbocycles. The summed E-state index contributed by atoms with van der Waals surface area (Å²) in [5.74, 6) is 0.574. The number of aryl methyl sites for hydroxylation is 2. The molecule has 0 fully saturated rings. The first kappa shape index (κ1) is 16.4. The first-order valence-electron chi connectivity index (χ1n) is 9.02. The zero-order chi connectivity index (χ0) is 19.3. The maximum absolute atomic E-state index is 12.9. The number of rotatable bonds is 2. The highest BCUT2D eigenvalue weighted by Gasteiger charge is 2.19. The van der Waals surface area contributed by atoms with Crippen LogP contribution >= 0.6 is 0 Å². The van der Waals surface area contributed by atoms with Crippen molar-refractivity contribution in [3.05, 3.63) is 78.1 Å². The zero-order valence-electron chi connectivity index (χ0n) is 15.5. The van der Waals surface area contributed by atoms with E-state index in [0.717, 1.165) is 44.5 Å². The topological polar surface area (TPSA) is 72.2 Å². The van der Waals surface area contributed by atoms with Crippen molar-refractivity contribution in [2.45, 2.75) is 13.8 Å². The van der Waals surface area contributed by atoms with Gasteiger partial charge in [-0.1, -0.05) is 36.4 Å². The van der Waals surface area contributed by atoms with E-state index >= 15 is 0 Å². The molecule has 0 bridgehead atoms. The highest BCUT2D eigenvalue weighted by molar-refractivity contribution is 6.18. The lowest BCUT2D eigenvalue weighted by atomic mass is 10.1. The number of benzene rings is 2. The van der Waals surface area contributed by atoms with Crippen molar-refractivity contribution in [1.29, 1.82) is 0 Å². The summed E-state index contributed by atoms with van der Waals surface area (Å²) >= 11 is 0. The molecule has 28 heavy (non-hydrogen) atoms. The Morgan fingerprint density at radius 3 is 2.46 bits per heavy atom. The van der Waals surface area contributed by atoms with E-state index in [1.807, 2.05) is 62.4 Å². The second-order valence-corrected chi connectivity index (χ2v) is 6.75. The maximum Gasteiger partial charge on any atom is 0.275 e. The zero-order valence-corrected chi connectivity index (χ0v) is 15.5. The molecule has 0 saturated carbocycles. The molecule has 0 aliphatic rings. The van der Waals surface area contributed by atoms with E-state index in [0.29, 0.717) is 0 Å². The number of nitrogens with zero attached hydrogens (tertiary/aromatic N) is 4. The Kier molecular flexibility index (Phi) is 3.58. The van der Waals surface area contributed by atoms with Gasteiger partial charge in [-0.2, -0.15) is 0 Å². The van der Waals surface area contributed by atoms with E-state index < -0.39 is 0 Å². The minimum Gasteiger partial charge on any atom is -0.318 e. The average molecular weight is 367 g/mol. The van der Waals surface area contributed by atoms with Crippen LogP contribution in [0.5, 0.6) is 0 Å². The Hall–Kier alpha value is -3.80. The predicted molar refractivity (Wildman–Crippen MR) is 110 cm³/mol. The summed E-state index contributed by atoms with van der Waals surface area (Å²) in [6.07, 6.45) is 3.09. The van der Waals surface area contributed by atoms with Crippen molar-refractivity contribution >= 4 is 38.9 Å². The Morgan fingerprint density at radius 2 is 1.68 bits per heavy atom. The van der Waals surface area contributed by atoms with Crippen LogP contribution in [0, 0.1) is 13.8 Å². The number of carbonyl (C=O) groups is 1. The van der Waals surface area contributed by atoms with Gasteiger partial charge < -0.3 is 5.32 Å². The summed E-state index contributed by atoms with van der Waals surface area (Å²) in [5.41, 5.74) is 4.62. The van der Waals surface area contributed by atoms with Gasteiger partial charge in [0.2, 0.25) is 0 Å². The van der Waals surface area contributed by atoms with Crippen LogP contribution in [0.2, 0.25) is 0 Å². The lowest BCUT2D eigenvalue weighted by molar-refractivity contribution is 0.102. The second-order valence-electron chi connectivity index (χ2n) is 6.75. The number of amides is 1. The van der Waals surface area contributed by atoms with Crippen LogP contribution in [0.4, 0.5) is 5.69 Å². The predicted octanol–water partition coefficient (Wildman–Crippen LogP) is 4.30. The van der Waals surface area contributed by atoms with Gasteiger partial charge in [-0.05, 0) is 26.0 Å². The quantitative estimate of drug-likeness (QED) is 0.505. The van der Waals surface area contributed by atoms with Crippen LogP contribution in [-0.2, 0) is 0 Å². The van der Waals surface area contributed by atoms with E-state index in [1.165, 1.54) is 6.20 Å². The molecule has 2 aromatic carbocycles. The van der Waals surface area contributed by atoms with Gasteiger partial charge in [-0.15, -0.1) is 0 Å². The van der Waals surface area contributed by atoms with Crippen LogP contribution in [0.25, 0.3) is 27.3 Å². The highest BCUT2D eigenvalue weighted by atomic mass is 16.1. The molecule has 1 amide bonds. The number of nitrogens with one attached hydrogen (secondary N) is 1. The summed E-state index contributed by atoms with van der Waals surface area (Å²) < 4.78 is 2.09. The summed E-state index contributed by atoms with van der Waals surface area (Å²) in [5, 5.41) is 5.01. The lowest BCUT2D eigenvalue weighted by Crippen LogP contribution is -2.14. The Balaban J connectivity index is 1.81. The number of para-hydroxylation sites is 2. The lowest BCUT2D eigenvalue weighted by Gasteiger charge is -2.09. The number of carbonyl (C=O) groups excluding carboxylic acids is 1. The maximum atomic E-state index is 12.9. The summed E-state index contributed by atoms with van der Waals surface area (Å²) in [7, 11) is 0. The molecule has 1 N–H and O–H groups in total. The molecule has 0 spiro atoms. The fourth-order valence-corrected chi connectivity index (χ4v) is 3.64. The van der Waals surface area contributed by atoms with E-state index in [9.17, 15) is 4.79 Å². The molecular formula is C22H17N5O. The van der Waals surface area contributed by atoms with Gasteiger partial charge in [-0.3, -0.25) is 14.2 Å². The SMILES string of the molecule is Cc1cnc(C(=O)Nc2c3ccccc3n3c(C)nc4ccccc4c23)cn1. The fourth-order valence-electron chi connectivity index (χ4n) is 3.64. The minimum atomic E-state index is -0.288. The molecule has 136 valence electrons. The van der Waals surface area contributed by atoms with Crippen molar-refractivity contribution in [3.8, 4) is 0 Å². The van der Waals surface area contributed by atoms with Crippen LogP contribution in [-0.4, -0.2) is 25.3 Å². The standard InChI is InChI=1S/C22H17N5O/c1-13-11-24-18(12-23-13)22(28)26-20-16-8-4-6-10-19(16)27-14(2)25-17-9-5-3-7-15(17)21(20)27/h3-12H,1-2H3,(H,26,28). The molecule has 0 saturated heterocycles. The summed E-state index contributed by atoms with van der Waals surface area (Å²) in [6, 6.07) is 15.9. The third kappa shape index (κ3) is 2.42. The van der Waals surface area contributed by atoms with Gasteiger partial charge in [0.1, 0.15) is 11.5 Å². The average Bonchev–Trinajstić information content (AvgIpc) is 3.04. The minimum absolute atomic E-state index is 0.282. The molecule has 0 aliphatic heterocycles. The fraction of sp³-hybridized carbons (Fsp3) is 0.0909. The van der Waals surface area contributed by atoms with Gasteiger partial charge in [0.15, 0.2) is 0 Å². The first-order valence-corrected chi connectivity index (χ1v) is 9.02. The molecule has 0 radical (unpaired) electrons. The summed E-state index contributed by atoms with van der Waals surface area (Å²) in [6.45, 7) is 3.81. The van der Waals surface area contributed by atoms with E-state index in [1.54, 1.807) is 6.20 Å². The molecule has 3 heterocycles. The van der Waals surface area contributed by atoms with Gasteiger partial charge in [0, 0.05) is 17.0 Å². The van der Waals surface area contributed by atoms with Crippen LogP contribution in [0.1, 0.15) is 22.0 Å². The van der Waals surface area contributed by atoms with Crippen molar-refractivity contribution in [3.63, 3.8) is 0 Å². The molecule has 0 atom stereocenters.